The molecule has 0 spiro atoms. The summed E-state index contributed by atoms with van der Waals surface area (Å²) in [5.74, 6) is -6.12. The third kappa shape index (κ3) is 33.0. The molecule has 0 unspecified atom stereocenters. The maximum Gasteiger partial charge on any atom is 0.407 e. The van der Waals surface area contributed by atoms with E-state index in [0.717, 1.165) is 40.3 Å². The van der Waals surface area contributed by atoms with E-state index in [4.69, 9.17) is 43.1 Å². The predicted molar refractivity (Wildman–Crippen MR) is 424 cm³/mol. The highest BCUT2D eigenvalue weighted by molar-refractivity contribution is 7.89. The molecular formula is C79H106Cl2N12O16S2. The minimum absolute atomic E-state index is 0. The van der Waals surface area contributed by atoms with Crippen LogP contribution in [0.4, 0.5) is 4.79 Å². The summed E-state index contributed by atoms with van der Waals surface area (Å²) in [6.07, 6.45) is 9.38. The number of unbranched alkanes of at least 4 members (excludes halogenated alkanes) is 2. The molecule has 4 aromatic carbocycles. The van der Waals surface area contributed by atoms with Crippen LogP contribution in [0.2, 0.25) is 10.0 Å². The Balaban J connectivity index is 0.000000393. The third-order valence-corrected chi connectivity index (χ3v) is 19.5. The maximum absolute atomic E-state index is 14.3. The summed E-state index contributed by atoms with van der Waals surface area (Å²) in [5.41, 5.74) is 9.86. The van der Waals surface area contributed by atoms with E-state index in [-0.39, 0.29) is 99.3 Å². The molecule has 32 heteroatoms. The zero-order valence-corrected chi connectivity index (χ0v) is 64.9. The van der Waals surface area contributed by atoms with Gasteiger partial charge >= 0.3 is 6.09 Å². The Labute approximate surface area is 661 Å². The minimum atomic E-state index is -3.87. The Morgan fingerprint density at radius 1 is 0.495 bits per heavy atom. The molecule has 6 aromatic rings. The normalized spacial score (nSPS) is 16.5. The van der Waals surface area contributed by atoms with Gasteiger partial charge in [0.25, 0.3) is 11.8 Å². The second-order valence-corrected chi connectivity index (χ2v) is 32.1. The number of pyridine rings is 2. The van der Waals surface area contributed by atoms with Crippen LogP contribution in [0.3, 0.4) is 0 Å². The van der Waals surface area contributed by atoms with E-state index in [2.05, 4.69) is 46.0 Å². The van der Waals surface area contributed by atoms with Gasteiger partial charge < -0.3 is 56.3 Å². The van der Waals surface area contributed by atoms with Gasteiger partial charge in [-0.15, -0.1) is 0 Å². The van der Waals surface area contributed by atoms with Gasteiger partial charge in [-0.2, -0.15) is 0 Å². The number of hydrogen-bond acceptors (Lipinski definition) is 19. The molecule has 28 nitrogen and oxygen atoms in total. The van der Waals surface area contributed by atoms with E-state index in [1.807, 2.05) is 60.7 Å². The van der Waals surface area contributed by atoms with Crippen LogP contribution in [0.15, 0.2) is 158 Å². The first-order valence-corrected chi connectivity index (χ1v) is 40.5. The zero-order valence-electron chi connectivity index (χ0n) is 61.7. The zero-order chi connectivity index (χ0) is 79.1. The molecule has 9 N–H and O–H groups in total. The van der Waals surface area contributed by atoms with Gasteiger partial charge in [0.2, 0.25) is 55.2 Å². The van der Waals surface area contributed by atoms with Crippen molar-refractivity contribution in [2.75, 3.05) is 38.7 Å². The number of amides is 7. The van der Waals surface area contributed by atoms with Gasteiger partial charge in [0, 0.05) is 80.4 Å². The monoisotopic (exact) mass is 1610 g/mol. The van der Waals surface area contributed by atoms with Crippen molar-refractivity contribution >= 4 is 96.4 Å². The summed E-state index contributed by atoms with van der Waals surface area (Å²) in [7, 11) is -7.69. The lowest BCUT2D eigenvalue weighted by Gasteiger charge is -2.29. The molecule has 0 bridgehead atoms. The number of halogens is 2. The first-order valence-electron chi connectivity index (χ1n) is 36.0. The largest absolute Gasteiger partial charge is 0.444 e. The number of sulfonamides is 2. The molecule has 0 radical (unpaired) electrons. The van der Waals surface area contributed by atoms with Gasteiger partial charge in [0.15, 0.2) is 0 Å². The quantitative estimate of drug-likeness (QED) is 0.0138. The van der Waals surface area contributed by atoms with Crippen molar-refractivity contribution in [3.05, 3.63) is 202 Å². The van der Waals surface area contributed by atoms with Gasteiger partial charge in [0.1, 0.15) is 29.8 Å². The lowest BCUT2D eigenvalue weighted by Crippen LogP contribution is -2.56. The predicted octanol–water partition coefficient (Wildman–Crippen LogP) is 7.38. The Morgan fingerprint density at radius 2 is 0.874 bits per heavy atom. The summed E-state index contributed by atoms with van der Waals surface area (Å²) in [5, 5.41) is 14.4. The molecule has 2 aliphatic heterocycles. The standard InChI is InChI=1S/C41H53ClN6O9S.C36H45ClN6O7S.2CH4/c1-41(2,3)57-40(53)44-21-9-8-12-33(36(49)38(51)45-25-29-19-22-43-23-20-29)46-37(50)35-24-32(56-27-30-13-16-31(42)17-14-30)26-48(35)39(52)34(47-58(4,54)55)18-15-28-10-6-5-7-11-28;1-51(48,49)42-31(15-12-25-7-3-2-4-8-25)36(47)43-23-29(50-24-27-10-13-28(37)14-11-27)21-32(43)34(45)41-30(9-5-6-18-38)33(44)35(46)40-22-26-16-19-39-20-17-26;;/h5-7,10-11,13-14,16-17,19-20,22-23,32-35,47H,8-9,12,15,18,21,24-27H2,1-4H3,(H,44,53)(H,45,51)(H,46,50);2-4,7-8,10-11,13-14,16-17,19-20,29-32,42H,5-6,9,12,15,18,21-24,38H2,1H3,(H,40,46)(H,41,45);2*1H4/t32-,33+,34-,35+;29-,30+,31-,32+;;/m11../s1. The summed E-state index contributed by atoms with van der Waals surface area (Å²) < 4.78 is 72.3. The maximum atomic E-state index is 14.3. The van der Waals surface area contributed by atoms with Gasteiger partial charge in [0.05, 0.1) is 50.0 Å². The fourth-order valence-corrected chi connectivity index (χ4v) is 13.8. The minimum Gasteiger partial charge on any atom is -0.444 e. The van der Waals surface area contributed by atoms with Crippen molar-refractivity contribution in [2.45, 2.75) is 193 Å². The number of alkyl carbamates (subject to hydrolysis) is 1. The van der Waals surface area contributed by atoms with E-state index >= 15 is 0 Å². The smallest absolute Gasteiger partial charge is 0.407 e. The fraction of sp³-hybridized carbons (Fsp3) is 0.456. The van der Waals surface area contributed by atoms with Crippen LogP contribution in [0, 0.1) is 0 Å². The highest BCUT2D eigenvalue weighted by Crippen LogP contribution is 2.28. The molecule has 2 fully saturated rings. The molecule has 4 heterocycles. The number of aryl methyl sites for hydroxylation is 2. The first-order chi connectivity index (χ1) is 51.9. The number of benzene rings is 4. The summed E-state index contributed by atoms with van der Waals surface area (Å²) in [4.78, 5) is 133. The number of carbonyl (C=O) groups excluding carboxylic acids is 9. The average Bonchev–Trinajstić information content (AvgIpc) is 1.68. The molecular weight excluding hydrogens is 1510 g/mol. The molecule has 111 heavy (non-hydrogen) atoms. The van der Waals surface area contributed by atoms with Crippen LogP contribution < -0.4 is 41.8 Å². The fourth-order valence-electron chi connectivity index (χ4n) is 12.1. The topological polar surface area (TPSA) is 392 Å². The molecule has 0 saturated carbocycles. The number of ether oxygens (including phenoxy) is 3. The molecule has 2 aromatic heterocycles. The Bertz CT molecular complexity index is 4200. The second-order valence-electron chi connectivity index (χ2n) is 27.7. The van der Waals surface area contributed by atoms with Gasteiger partial charge in [-0.1, -0.05) is 123 Å². The number of ketones is 2. The number of rotatable bonds is 39. The van der Waals surface area contributed by atoms with Crippen LogP contribution >= 0.6 is 23.2 Å². The van der Waals surface area contributed by atoms with Crippen LogP contribution in [0.25, 0.3) is 0 Å². The van der Waals surface area contributed by atoms with Crippen molar-refractivity contribution < 1.29 is 74.2 Å². The first kappa shape index (κ1) is 92.5. The summed E-state index contributed by atoms with van der Waals surface area (Å²) in [6.45, 7) is 6.21. The Kier molecular flexibility index (Phi) is 38.4. The summed E-state index contributed by atoms with van der Waals surface area (Å²) in [6, 6.07) is 32.3. The van der Waals surface area contributed by atoms with Gasteiger partial charge in [-0.05, 0) is 173 Å². The van der Waals surface area contributed by atoms with E-state index in [0.29, 0.717) is 60.7 Å². The molecule has 2 saturated heterocycles. The van der Waals surface area contributed by atoms with Crippen LogP contribution in [-0.4, -0.2) is 182 Å². The number of hydrogen-bond donors (Lipinski definition) is 8. The Hall–Kier alpha value is -9.11. The number of Topliss-reactive ketones (excluding diaryl/α,β-unsaturated/α-hetero) is 2. The molecule has 7 amide bonds. The van der Waals surface area contributed by atoms with Crippen molar-refractivity contribution in [3.63, 3.8) is 0 Å². The third-order valence-electron chi connectivity index (χ3n) is 17.6. The summed E-state index contributed by atoms with van der Waals surface area (Å²) >= 11 is 12.1. The lowest BCUT2D eigenvalue weighted by molar-refractivity contribution is -0.143. The number of nitrogens with one attached hydrogen (secondary N) is 7. The van der Waals surface area contributed by atoms with E-state index in [1.54, 1.807) is 118 Å². The van der Waals surface area contributed by atoms with Gasteiger partial charge in [-0.3, -0.25) is 48.3 Å². The second kappa shape index (κ2) is 46.0. The van der Waals surface area contributed by atoms with Crippen molar-refractivity contribution in [1.29, 1.82) is 0 Å². The molecule has 2 aliphatic rings. The highest BCUT2D eigenvalue weighted by atomic mass is 35.5. The van der Waals surface area contributed by atoms with E-state index in [1.165, 1.54) is 9.80 Å². The van der Waals surface area contributed by atoms with Crippen molar-refractivity contribution in [2.24, 2.45) is 5.73 Å². The number of nitrogens with two attached hydrogens (primary N) is 1. The number of aromatic nitrogens is 2. The van der Waals surface area contributed by atoms with Crippen LogP contribution in [-0.2, 0) is 112 Å². The Morgan fingerprint density at radius 3 is 1.23 bits per heavy atom. The molecule has 8 atom stereocenters. The van der Waals surface area contributed by atoms with Crippen molar-refractivity contribution in [3.8, 4) is 0 Å². The molecule has 8 rings (SSSR count). The van der Waals surface area contributed by atoms with Crippen LogP contribution in [0.5, 0.6) is 0 Å². The molecule has 0 aliphatic carbocycles. The number of carbonyl (C=O) groups is 9. The molecule has 604 valence electrons. The SMILES string of the molecule is C.C.CC(C)(C)OC(=O)NCCCC[C@H](NC(=O)[C@@H]1C[C@@H](OCc2ccc(Cl)cc2)CN1C(=O)[C@@H](CCc1ccccc1)NS(C)(=O)=O)C(=O)C(=O)NCc1ccncc1.CS(=O)(=O)N[C@H](CCc1ccccc1)C(=O)N1C[C@H](OCc2ccc(Cl)cc2)C[C@H]1C(=O)N[C@@H](CCCCN)C(=O)C(=O)NCc1ccncc1. The highest BCUT2D eigenvalue weighted by Gasteiger charge is 2.46. The number of likely N-dealkylation sites (tertiary alicyclic amines) is 2. The van der Waals surface area contributed by atoms with E-state index < -0.39 is 127 Å². The average molecular weight is 1610 g/mol. The van der Waals surface area contributed by atoms with Crippen molar-refractivity contribution in [1.82, 2.24) is 55.8 Å². The number of nitrogens with zero attached hydrogens (tertiary/aromatic N) is 4. The lowest BCUT2D eigenvalue weighted by atomic mass is 10.0. The van der Waals surface area contributed by atoms with E-state index in [9.17, 15) is 60.0 Å². The van der Waals surface area contributed by atoms with Crippen LogP contribution in [0.1, 0.15) is 133 Å². The van der Waals surface area contributed by atoms with Gasteiger partial charge in [-0.25, -0.2) is 31.1 Å².